The van der Waals surface area contributed by atoms with Crippen LogP contribution >= 0.6 is 11.6 Å². The van der Waals surface area contributed by atoms with Crippen molar-refractivity contribution in [3.63, 3.8) is 0 Å². The molecule has 1 aromatic heterocycles. The number of halogens is 1. The Balaban J connectivity index is 2.24. The molecule has 4 nitrogen and oxygen atoms in total. The van der Waals surface area contributed by atoms with Crippen molar-refractivity contribution in [3.8, 4) is 0 Å². The van der Waals surface area contributed by atoms with Crippen LogP contribution in [0.25, 0.3) is 0 Å². The highest BCUT2D eigenvalue weighted by Crippen LogP contribution is 2.18. The summed E-state index contributed by atoms with van der Waals surface area (Å²) in [7, 11) is 0. The van der Waals surface area contributed by atoms with Crippen LogP contribution in [0.3, 0.4) is 0 Å². The first-order chi connectivity index (χ1) is 9.19. The quantitative estimate of drug-likeness (QED) is 0.853. The average Bonchev–Trinajstić information content (AvgIpc) is 2.38. The van der Waals surface area contributed by atoms with Crippen LogP contribution in [-0.2, 0) is 6.54 Å². The maximum Gasteiger partial charge on any atom is 0.134 e. The van der Waals surface area contributed by atoms with E-state index < -0.39 is 0 Å². The summed E-state index contributed by atoms with van der Waals surface area (Å²) in [6, 6.07) is 11.8. The highest BCUT2D eigenvalue weighted by molar-refractivity contribution is 6.29. The molecule has 0 fully saturated rings. The second kappa shape index (κ2) is 6.50. The molecule has 1 N–H and O–H groups in total. The van der Waals surface area contributed by atoms with Gasteiger partial charge in [0.15, 0.2) is 0 Å². The second-order valence-corrected chi connectivity index (χ2v) is 4.61. The largest absolute Gasteiger partial charge is 0.395 e. The van der Waals surface area contributed by atoms with Gasteiger partial charge in [0.05, 0.1) is 6.61 Å². The fourth-order valence-corrected chi connectivity index (χ4v) is 2.10. The van der Waals surface area contributed by atoms with E-state index in [-0.39, 0.29) is 6.61 Å². The van der Waals surface area contributed by atoms with Gasteiger partial charge in [-0.2, -0.15) is 0 Å². The number of rotatable bonds is 5. The van der Waals surface area contributed by atoms with Gasteiger partial charge in [0.1, 0.15) is 16.8 Å². The molecule has 100 valence electrons. The molecule has 0 saturated heterocycles. The van der Waals surface area contributed by atoms with E-state index in [2.05, 4.69) is 9.97 Å². The topological polar surface area (TPSA) is 49.2 Å². The van der Waals surface area contributed by atoms with Crippen LogP contribution in [0.4, 0.5) is 5.82 Å². The van der Waals surface area contributed by atoms with Crippen molar-refractivity contribution in [2.24, 2.45) is 0 Å². The number of hydrogen-bond donors (Lipinski definition) is 1. The fourth-order valence-electron chi connectivity index (χ4n) is 1.88. The molecule has 1 heterocycles. The Labute approximate surface area is 117 Å². The zero-order valence-electron chi connectivity index (χ0n) is 10.8. The molecule has 0 aliphatic carbocycles. The third kappa shape index (κ3) is 3.91. The molecule has 0 bridgehead atoms. The standard InChI is InChI=1S/C14H16ClN3O/c1-11-16-13(15)9-14(17-11)18(7-8-19)10-12-5-3-2-4-6-12/h2-6,9,19H,7-8,10H2,1H3. The van der Waals surface area contributed by atoms with Crippen molar-refractivity contribution >= 4 is 17.4 Å². The summed E-state index contributed by atoms with van der Waals surface area (Å²) < 4.78 is 0. The maximum atomic E-state index is 9.20. The van der Waals surface area contributed by atoms with E-state index in [9.17, 15) is 5.11 Å². The van der Waals surface area contributed by atoms with Crippen LogP contribution in [0.15, 0.2) is 36.4 Å². The van der Waals surface area contributed by atoms with E-state index in [1.54, 1.807) is 13.0 Å². The number of aliphatic hydroxyl groups excluding tert-OH is 1. The van der Waals surface area contributed by atoms with Gasteiger partial charge >= 0.3 is 0 Å². The third-order valence-electron chi connectivity index (χ3n) is 2.70. The average molecular weight is 278 g/mol. The van der Waals surface area contributed by atoms with Crippen LogP contribution in [0.2, 0.25) is 5.15 Å². The molecule has 0 atom stereocenters. The molecule has 0 spiro atoms. The molecule has 2 rings (SSSR count). The smallest absolute Gasteiger partial charge is 0.134 e. The molecule has 5 heteroatoms. The molecule has 2 aromatic rings. The predicted octanol–water partition coefficient (Wildman–Crippen LogP) is 2.44. The minimum Gasteiger partial charge on any atom is -0.395 e. The van der Waals surface area contributed by atoms with E-state index in [1.165, 1.54) is 0 Å². The van der Waals surface area contributed by atoms with E-state index in [0.717, 1.165) is 11.4 Å². The first-order valence-corrected chi connectivity index (χ1v) is 6.48. The zero-order valence-corrected chi connectivity index (χ0v) is 11.5. The number of aliphatic hydroxyl groups is 1. The van der Waals surface area contributed by atoms with Gasteiger partial charge in [-0.15, -0.1) is 0 Å². The molecule has 0 aliphatic rings. The van der Waals surface area contributed by atoms with Gasteiger partial charge in [-0.25, -0.2) is 9.97 Å². The molecule has 0 unspecified atom stereocenters. The predicted molar refractivity (Wildman–Crippen MR) is 76.4 cm³/mol. The van der Waals surface area contributed by atoms with Gasteiger partial charge in [-0.1, -0.05) is 41.9 Å². The van der Waals surface area contributed by atoms with Crippen LogP contribution < -0.4 is 4.90 Å². The van der Waals surface area contributed by atoms with Gasteiger partial charge in [-0.05, 0) is 12.5 Å². The first kappa shape index (κ1) is 13.8. The lowest BCUT2D eigenvalue weighted by molar-refractivity contribution is 0.301. The van der Waals surface area contributed by atoms with Crippen LogP contribution in [0, 0.1) is 6.92 Å². The van der Waals surface area contributed by atoms with Gasteiger partial charge in [0, 0.05) is 19.2 Å². The van der Waals surface area contributed by atoms with Crippen molar-refractivity contribution < 1.29 is 5.11 Å². The first-order valence-electron chi connectivity index (χ1n) is 6.10. The molecular formula is C14H16ClN3O. The fraction of sp³-hybridized carbons (Fsp3) is 0.286. The lowest BCUT2D eigenvalue weighted by atomic mass is 10.2. The summed E-state index contributed by atoms with van der Waals surface area (Å²) in [5.74, 6) is 1.36. The number of anilines is 1. The zero-order chi connectivity index (χ0) is 13.7. The molecule has 0 aliphatic heterocycles. The van der Waals surface area contributed by atoms with E-state index in [1.807, 2.05) is 35.2 Å². The monoisotopic (exact) mass is 277 g/mol. The number of aryl methyl sites for hydroxylation is 1. The van der Waals surface area contributed by atoms with Crippen molar-refractivity contribution in [3.05, 3.63) is 52.9 Å². The summed E-state index contributed by atoms with van der Waals surface area (Å²) in [5.41, 5.74) is 1.16. The minimum atomic E-state index is 0.0630. The highest BCUT2D eigenvalue weighted by atomic mass is 35.5. The Kier molecular flexibility index (Phi) is 4.71. The Morgan fingerprint density at radius 3 is 2.58 bits per heavy atom. The van der Waals surface area contributed by atoms with Gasteiger partial charge in [0.2, 0.25) is 0 Å². The Morgan fingerprint density at radius 1 is 1.21 bits per heavy atom. The maximum absolute atomic E-state index is 9.20. The number of benzene rings is 1. The SMILES string of the molecule is Cc1nc(Cl)cc(N(CCO)Cc2ccccc2)n1. The Hall–Kier alpha value is -1.65. The van der Waals surface area contributed by atoms with E-state index >= 15 is 0 Å². The summed E-state index contributed by atoms with van der Waals surface area (Å²) in [6.45, 7) is 3.04. The third-order valence-corrected chi connectivity index (χ3v) is 2.90. The van der Waals surface area contributed by atoms with Crippen LogP contribution in [0.1, 0.15) is 11.4 Å². The molecule has 0 saturated carbocycles. The highest BCUT2D eigenvalue weighted by Gasteiger charge is 2.10. The summed E-state index contributed by atoms with van der Waals surface area (Å²) in [4.78, 5) is 10.4. The van der Waals surface area contributed by atoms with Gasteiger partial charge in [0.25, 0.3) is 0 Å². The number of hydrogen-bond acceptors (Lipinski definition) is 4. The summed E-state index contributed by atoms with van der Waals surface area (Å²) >= 11 is 5.96. The lowest BCUT2D eigenvalue weighted by Crippen LogP contribution is -2.27. The summed E-state index contributed by atoms with van der Waals surface area (Å²) in [6.07, 6.45) is 0. The summed E-state index contributed by atoms with van der Waals surface area (Å²) in [5, 5.41) is 9.61. The van der Waals surface area contributed by atoms with Gasteiger partial charge < -0.3 is 10.0 Å². The number of aromatic nitrogens is 2. The Bertz CT molecular complexity index is 513. The van der Waals surface area contributed by atoms with E-state index in [0.29, 0.717) is 24.1 Å². The normalized spacial score (nSPS) is 10.5. The van der Waals surface area contributed by atoms with Crippen molar-refractivity contribution in [2.75, 3.05) is 18.1 Å². The van der Waals surface area contributed by atoms with Crippen LogP contribution in [-0.4, -0.2) is 28.2 Å². The van der Waals surface area contributed by atoms with Crippen molar-refractivity contribution in [1.82, 2.24) is 9.97 Å². The van der Waals surface area contributed by atoms with E-state index in [4.69, 9.17) is 11.6 Å². The minimum absolute atomic E-state index is 0.0630. The van der Waals surface area contributed by atoms with Crippen molar-refractivity contribution in [2.45, 2.75) is 13.5 Å². The molecular weight excluding hydrogens is 262 g/mol. The van der Waals surface area contributed by atoms with Crippen LogP contribution in [0.5, 0.6) is 0 Å². The molecule has 0 amide bonds. The number of nitrogens with zero attached hydrogens (tertiary/aromatic N) is 3. The van der Waals surface area contributed by atoms with Crippen molar-refractivity contribution in [1.29, 1.82) is 0 Å². The van der Waals surface area contributed by atoms with Gasteiger partial charge in [-0.3, -0.25) is 0 Å². The lowest BCUT2D eigenvalue weighted by Gasteiger charge is -2.23. The second-order valence-electron chi connectivity index (χ2n) is 4.23. The molecule has 19 heavy (non-hydrogen) atoms. The Morgan fingerprint density at radius 2 is 1.95 bits per heavy atom. The molecule has 1 aromatic carbocycles. The molecule has 0 radical (unpaired) electrons.